The average Bonchev–Trinajstić information content (AvgIpc) is 2.35. The zero-order valence-electron chi connectivity index (χ0n) is 14.0. The molecule has 0 atom stereocenters. The fourth-order valence-electron chi connectivity index (χ4n) is 2.70. The summed E-state index contributed by atoms with van der Waals surface area (Å²) in [5, 5.41) is 0. The van der Waals surface area contributed by atoms with Crippen LogP contribution in [-0.2, 0) is 4.79 Å². The number of nitrogens with zero attached hydrogens (tertiary/aromatic N) is 1. The minimum atomic E-state index is 0.173. The maximum atomic E-state index is 12.3. The Morgan fingerprint density at radius 1 is 1.25 bits per heavy atom. The first kappa shape index (κ1) is 17.2. The normalized spacial score (nSPS) is 17.1. The SMILES string of the molecule is CC(C)(CCN)CCC(=O)N1CC=C(C(C)(C)C)CC1. The molecule has 116 valence electrons. The second kappa shape index (κ2) is 6.75. The summed E-state index contributed by atoms with van der Waals surface area (Å²) in [5.74, 6) is 0.291. The van der Waals surface area contributed by atoms with E-state index in [0.717, 1.165) is 32.4 Å². The first-order chi connectivity index (χ1) is 9.15. The predicted molar refractivity (Wildman–Crippen MR) is 85.4 cm³/mol. The Labute approximate surface area is 124 Å². The topological polar surface area (TPSA) is 46.3 Å². The molecule has 1 heterocycles. The van der Waals surface area contributed by atoms with Gasteiger partial charge in [-0.15, -0.1) is 0 Å². The van der Waals surface area contributed by atoms with Crippen LogP contribution in [0.15, 0.2) is 11.6 Å². The molecule has 0 aromatic heterocycles. The summed E-state index contributed by atoms with van der Waals surface area (Å²) in [6.45, 7) is 13.5. The fourth-order valence-corrected chi connectivity index (χ4v) is 2.70. The van der Waals surface area contributed by atoms with E-state index in [1.165, 1.54) is 5.57 Å². The summed E-state index contributed by atoms with van der Waals surface area (Å²) in [6, 6.07) is 0. The summed E-state index contributed by atoms with van der Waals surface area (Å²) < 4.78 is 0. The van der Waals surface area contributed by atoms with Crippen molar-refractivity contribution in [3.63, 3.8) is 0 Å². The molecule has 3 heteroatoms. The van der Waals surface area contributed by atoms with E-state index in [0.29, 0.717) is 18.9 Å². The van der Waals surface area contributed by atoms with Gasteiger partial charge >= 0.3 is 0 Å². The number of carbonyl (C=O) groups excluding carboxylic acids is 1. The highest BCUT2D eigenvalue weighted by molar-refractivity contribution is 5.76. The molecule has 0 spiro atoms. The molecule has 3 nitrogen and oxygen atoms in total. The third-order valence-electron chi connectivity index (χ3n) is 4.36. The van der Waals surface area contributed by atoms with Crippen LogP contribution in [0.25, 0.3) is 0 Å². The molecule has 0 saturated carbocycles. The van der Waals surface area contributed by atoms with E-state index in [-0.39, 0.29) is 10.8 Å². The molecular formula is C17H32N2O. The largest absolute Gasteiger partial charge is 0.339 e. The van der Waals surface area contributed by atoms with Crippen LogP contribution >= 0.6 is 0 Å². The Morgan fingerprint density at radius 3 is 2.35 bits per heavy atom. The molecule has 0 aliphatic carbocycles. The fraction of sp³-hybridized carbons (Fsp3) is 0.824. The van der Waals surface area contributed by atoms with Gasteiger partial charge in [0.1, 0.15) is 0 Å². The predicted octanol–water partition coefficient (Wildman–Crippen LogP) is 3.35. The second-order valence-corrected chi connectivity index (χ2v) is 7.77. The second-order valence-electron chi connectivity index (χ2n) is 7.77. The summed E-state index contributed by atoms with van der Waals surface area (Å²) in [7, 11) is 0. The van der Waals surface area contributed by atoms with Crippen molar-refractivity contribution in [2.24, 2.45) is 16.6 Å². The third-order valence-corrected chi connectivity index (χ3v) is 4.36. The number of carbonyl (C=O) groups is 1. The zero-order chi connectivity index (χ0) is 15.4. The van der Waals surface area contributed by atoms with Crippen molar-refractivity contribution < 1.29 is 4.79 Å². The summed E-state index contributed by atoms with van der Waals surface area (Å²) in [4.78, 5) is 14.3. The van der Waals surface area contributed by atoms with Gasteiger partial charge in [-0.2, -0.15) is 0 Å². The summed E-state index contributed by atoms with van der Waals surface area (Å²) in [6.07, 6.45) is 5.81. The molecule has 0 unspecified atom stereocenters. The molecule has 0 aromatic carbocycles. The molecule has 1 amide bonds. The quantitative estimate of drug-likeness (QED) is 0.785. The van der Waals surface area contributed by atoms with Crippen LogP contribution in [-0.4, -0.2) is 30.4 Å². The van der Waals surface area contributed by atoms with Gasteiger partial charge in [0, 0.05) is 19.5 Å². The van der Waals surface area contributed by atoms with Crippen molar-refractivity contribution in [2.75, 3.05) is 19.6 Å². The zero-order valence-corrected chi connectivity index (χ0v) is 14.0. The van der Waals surface area contributed by atoms with E-state index < -0.39 is 0 Å². The van der Waals surface area contributed by atoms with Crippen LogP contribution in [0.3, 0.4) is 0 Å². The van der Waals surface area contributed by atoms with Crippen LogP contribution in [0, 0.1) is 10.8 Å². The lowest BCUT2D eigenvalue weighted by atomic mass is 9.82. The lowest BCUT2D eigenvalue weighted by Crippen LogP contribution is -2.36. The lowest BCUT2D eigenvalue weighted by Gasteiger charge is -2.33. The molecule has 2 N–H and O–H groups in total. The number of rotatable bonds is 5. The number of hydrogen-bond acceptors (Lipinski definition) is 2. The molecule has 1 aliphatic heterocycles. The van der Waals surface area contributed by atoms with Gasteiger partial charge in [0.25, 0.3) is 0 Å². The molecule has 1 aliphatic rings. The van der Waals surface area contributed by atoms with E-state index in [4.69, 9.17) is 5.73 Å². The molecule has 0 saturated heterocycles. The Balaban J connectivity index is 2.46. The van der Waals surface area contributed by atoms with Gasteiger partial charge in [0.2, 0.25) is 5.91 Å². The van der Waals surface area contributed by atoms with Crippen LogP contribution in [0.2, 0.25) is 0 Å². The molecule has 0 bridgehead atoms. The highest BCUT2D eigenvalue weighted by Crippen LogP contribution is 2.31. The van der Waals surface area contributed by atoms with Gasteiger partial charge in [-0.1, -0.05) is 46.3 Å². The molecule has 0 fully saturated rings. The van der Waals surface area contributed by atoms with Gasteiger partial charge in [-0.3, -0.25) is 4.79 Å². The smallest absolute Gasteiger partial charge is 0.222 e. The van der Waals surface area contributed by atoms with Gasteiger partial charge in [0.05, 0.1) is 0 Å². The van der Waals surface area contributed by atoms with Crippen molar-refractivity contribution in [1.29, 1.82) is 0 Å². The van der Waals surface area contributed by atoms with E-state index in [9.17, 15) is 4.79 Å². The molecule has 1 rings (SSSR count). The maximum Gasteiger partial charge on any atom is 0.222 e. The van der Waals surface area contributed by atoms with Gasteiger partial charge in [-0.05, 0) is 36.6 Å². The van der Waals surface area contributed by atoms with E-state index >= 15 is 0 Å². The minimum Gasteiger partial charge on any atom is -0.339 e. The van der Waals surface area contributed by atoms with Gasteiger partial charge < -0.3 is 10.6 Å². The molecule has 0 aromatic rings. The first-order valence-corrected chi connectivity index (χ1v) is 7.83. The Hall–Kier alpha value is -0.830. The number of nitrogens with two attached hydrogens (primary N) is 1. The monoisotopic (exact) mass is 280 g/mol. The van der Waals surface area contributed by atoms with Crippen molar-refractivity contribution in [2.45, 2.75) is 60.3 Å². The van der Waals surface area contributed by atoms with Crippen molar-refractivity contribution in [3.05, 3.63) is 11.6 Å². The summed E-state index contributed by atoms with van der Waals surface area (Å²) in [5.41, 5.74) is 7.50. The van der Waals surface area contributed by atoms with Crippen molar-refractivity contribution in [1.82, 2.24) is 4.90 Å². The number of hydrogen-bond donors (Lipinski definition) is 1. The lowest BCUT2D eigenvalue weighted by molar-refractivity contribution is -0.131. The van der Waals surface area contributed by atoms with Gasteiger partial charge in [-0.25, -0.2) is 0 Å². The van der Waals surface area contributed by atoms with E-state index in [1.807, 2.05) is 4.90 Å². The van der Waals surface area contributed by atoms with Crippen LogP contribution in [0.1, 0.15) is 60.3 Å². The first-order valence-electron chi connectivity index (χ1n) is 7.83. The van der Waals surface area contributed by atoms with Gasteiger partial charge in [0.15, 0.2) is 0 Å². The highest BCUT2D eigenvalue weighted by atomic mass is 16.2. The average molecular weight is 280 g/mol. The molecule has 20 heavy (non-hydrogen) atoms. The Morgan fingerprint density at radius 2 is 1.90 bits per heavy atom. The van der Waals surface area contributed by atoms with Crippen molar-refractivity contribution >= 4 is 5.91 Å². The standard InChI is InChI=1S/C17H32N2O/c1-16(2,3)14-7-12-19(13-8-14)15(20)6-9-17(4,5)10-11-18/h7H,6,8-13,18H2,1-5H3. The van der Waals surface area contributed by atoms with E-state index in [1.54, 1.807) is 0 Å². The van der Waals surface area contributed by atoms with Crippen molar-refractivity contribution in [3.8, 4) is 0 Å². The maximum absolute atomic E-state index is 12.3. The molecular weight excluding hydrogens is 248 g/mol. The van der Waals surface area contributed by atoms with Crippen LogP contribution in [0.4, 0.5) is 0 Å². The minimum absolute atomic E-state index is 0.173. The van der Waals surface area contributed by atoms with Crippen LogP contribution in [0.5, 0.6) is 0 Å². The summed E-state index contributed by atoms with van der Waals surface area (Å²) >= 11 is 0. The van der Waals surface area contributed by atoms with Crippen LogP contribution < -0.4 is 5.73 Å². The Bertz CT molecular complexity index is 364. The number of amides is 1. The van der Waals surface area contributed by atoms with E-state index in [2.05, 4.69) is 40.7 Å². The highest BCUT2D eigenvalue weighted by Gasteiger charge is 2.25. The Kier molecular flexibility index (Phi) is 5.81. The third kappa shape index (κ3) is 5.28. The molecule has 0 radical (unpaired) electrons.